The monoisotopic (exact) mass is 300 g/mol. The Balaban J connectivity index is 1.90. The third-order valence-corrected chi connectivity index (χ3v) is 4.53. The average molecular weight is 300 g/mol. The molecule has 2 aliphatic rings. The number of anilines is 2. The van der Waals surface area contributed by atoms with Gasteiger partial charge >= 0.3 is 0 Å². The van der Waals surface area contributed by atoms with Crippen LogP contribution in [0.1, 0.15) is 29.9 Å². The molecule has 0 spiro atoms. The second kappa shape index (κ2) is 4.95. The summed E-state index contributed by atoms with van der Waals surface area (Å²) >= 11 is 0. The van der Waals surface area contributed by atoms with Gasteiger partial charge in [-0.3, -0.25) is 0 Å². The van der Waals surface area contributed by atoms with E-state index in [1.807, 2.05) is 6.92 Å². The molecule has 0 unspecified atom stereocenters. The Bertz CT molecular complexity index is 725. The Hall–Kier alpha value is -2.15. The fourth-order valence-electron chi connectivity index (χ4n) is 3.48. The third kappa shape index (κ3) is 2.04. The van der Waals surface area contributed by atoms with Crippen LogP contribution in [0, 0.1) is 6.92 Å². The van der Waals surface area contributed by atoms with E-state index < -0.39 is 0 Å². The van der Waals surface area contributed by atoms with Crippen molar-refractivity contribution in [1.29, 1.82) is 0 Å². The van der Waals surface area contributed by atoms with E-state index in [-0.39, 0.29) is 6.04 Å². The number of hydrogen-bond donors (Lipinski definition) is 2. The molecule has 4 rings (SSSR count). The molecule has 1 aliphatic carbocycles. The molecule has 0 radical (unpaired) electrons. The van der Waals surface area contributed by atoms with Crippen LogP contribution in [0.3, 0.4) is 0 Å². The molecular weight excluding hydrogens is 280 g/mol. The molecule has 0 saturated carbocycles. The predicted octanol–water partition coefficient (Wildman–Crippen LogP) is 1.05. The maximum Gasteiger partial charge on any atom is 0.222 e. The van der Waals surface area contributed by atoms with E-state index in [4.69, 9.17) is 16.0 Å². The van der Waals surface area contributed by atoms with Crippen molar-refractivity contribution >= 4 is 11.8 Å². The number of fused-ring (bicyclic) bond motifs is 3. The molecule has 1 saturated heterocycles. The maximum atomic E-state index is 6.05. The lowest BCUT2D eigenvalue weighted by atomic mass is 10.0. The van der Waals surface area contributed by atoms with Gasteiger partial charge in [-0.25, -0.2) is 4.98 Å². The topological polar surface area (TPSA) is 107 Å². The minimum absolute atomic E-state index is 0.200. The van der Waals surface area contributed by atoms with Gasteiger partial charge in [0.05, 0.1) is 17.0 Å². The Morgan fingerprint density at radius 2 is 2.14 bits per heavy atom. The quantitative estimate of drug-likeness (QED) is 0.810. The second-order valence-electron chi connectivity index (χ2n) is 6.15. The number of nitrogens with two attached hydrogens (primary N) is 2. The van der Waals surface area contributed by atoms with Crippen molar-refractivity contribution in [3.8, 4) is 11.3 Å². The van der Waals surface area contributed by atoms with Gasteiger partial charge < -0.3 is 20.9 Å². The van der Waals surface area contributed by atoms with Gasteiger partial charge in [-0.1, -0.05) is 5.16 Å². The van der Waals surface area contributed by atoms with E-state index in [1.165, 1.54) is 0 Å². The largest absolute Gasteiger partial charge is 0.368 e. The van der Waals surface area contributed by atoms with E-state index in [1.54, 1.807) is 0 Å². The first-order chi connectivity index (χ1) is 10.6. The molecule has 1 fully saturated rings. The van der Waals surface area contributed by atoms with Crippen LogP contribution in [0.15, 0.2) is 4.52 Å². The van der Waals surface area contributed by atoms with E-state index in [9.17, 15) is 0 Å². The SMILES string of the molecule is Cc1noc2c1-c1nc(N)nc(N3CC[C@@H](N)C3)c1CCC2. The summed E-state index contributed by atoms with van der Waals surface area (Å²) in [5.74, 6) is 2.13. The van der Waals surface area contributed by atoms with Crippen molar-refractivity contribution in [2.45, 2.75) is 38.6 Å². The molecule has 7 heteroatoms. The van der Waals surface area contributed by atoms with E-state index in [2.05, 4.69) is 20.0 Å². The van der Waals surface area contributed by atoms with Crippen molar-refractivity contribution in [2.24, 2.45) is 5.73 Å². The zero-order valence-corrected chi connectivity index (χ0v) is 12.7. The van der Waals surface area contributed by atoms with Crippen LogP contribution in [0.5, 0.6) is 0 Å². The van der Waals surface area contributed by atoms with Crippen LogP contribution in [-0.2, 0) is 12.8 Å². The van der Waals surface area contributed by atoms with Crippen molar-refractivity contribution in [1.82, 2.24) is 15.1 Å². The molecule has 1 atom stereocenters. The fourth-order valence-corrected chi connectivity index (χ4v) is 3.48. The van der Waals surface area contributed by atoms with E-state index in [0.29, 0.717) is 5.95 Å². The minimum Gasteiger partial charge on any atom is -0.368 e. The number of rotatable bonds is 1. The summed E-state index contributed by atoms with van der Waals surface area (Å²) in [6.07, 6.45) is 3.76. The van der Waals surface area contributed by atoms with Gasteiger partial charge in [0.25, 0.3) is 0 Å². The highest BCUT2D eigenvalue weighted by atomic mass is 16.5. The Kier molecular flexibility index (Phi) is 3.04. The van der Waals surface area contributed by atoms with Gasteiger partial charge in [-0.2, -0.15) is 4.98 Å². The first-order valence-electron chi connectivity index (χ1n) is 7.76. The van der Waals surface area contributed by atoms with Gasteiger partial charge in [-0.15, -0.1) is 0 Å². The summed E-state index contributed by atoms with van der Waals surface area (Å²) in [4.78, 5) is 11.3. The van der Waals surface area contributed by atoms with Crippen LogP contribution in [0.25, 0.3) is 11.3 Å². The zero-order chi connectivity index (χ0) is 15.3. The average Bonchev–Trinajstić information content (AvgIpc) is 3.01. The first kappa shape index (κ1) is 13.5. The van der Waals surface area contributed by atoms with Crippen molar-refractivity contribution in [3.63, 3.8) is 0 Å². The fraction of sp³-hybridized carbons (Fsp3) is 0.533. The number of hydrogen-bond acceptors (Lipinski definition) is 7. The molecule has 7 nitrogen and oxygen atoms in total. The zero-order valence-electron chi connectivity index (χ0n) is 12.7. The molecule has 2 aromatic heterocycles. The van der Waals surface area contributed by atoms with Gasteiger partial charge in [0.2, 0.25) is 5.95 Å². The number of aromatic nitrogens is 3. The molecule has 1 aliphatic heterocycles. The van der Waals surface area contributed by atoms with Crippen LogP contribution in [0.2, 0.25) is 0 Å². The molecule has 4 N–H and O–H groups in total. The molecule has 116 valence electrons. The summed E-state index contributed by atoms with van der Waals surface area (Å²) in [5, 5.41) is 4.10. The van der Waals surface area contributed by atoms with Crippen molar-refractivity contribution < 1.29 is 4.52 Å². The summed E-state index contributed by atoms with van der Waals surface area (Å²) in [6.45, 7) is 3.68. The lowest BCUT2D eigenvalue weighted by Gasteiger charge is -2.21. The molecular formula is C15H20N6O. The van der Waals surface area contributed by atoms with Crippen LogP contribution in [-0.4, -0.2) is 34.3 Å². The summed E-state index contributed by atoms with van der Waals surface area (Å²) in [6, 6.07) is 0.200. The minimum atomic E-state index is 0.200. The van der Waals surface area contributed by atoms with Crippen molar-refractivity contribution in [3.05, 3.63) is 17.0 Å². The molecule has 0 amide bonds. The van der Waals surface area contributed by atoms with Crippen LogP contribution in [0.4, 0.5) is 11.8 Å². The molecule has 22 heavy (non-hydrogen) atoms. The summed E-state index contributed by atoms with van der Waals surface area (Å²) < 4.78 is 5.46. The van der Waals surface area contributed by atoms with E-state index in [0.717, 1.165) is 72.9 Å². The molecule has 0 aromatic carbocycles. The second-order valence-corrected chi connectivity index (χ2v) is 6.15. The highest BCUT2D eigenvalue weighted by Gasteiger charge is 2.29. The maximum absolute atomic E-state index is 6.05. The smallest absolute Gasteiger partial charge is 0.222 e. The van der Waals surface area contributed by atoms with Gasteiger partial charge in [0.1, 0.15) is 11.6 Å². The first-order valence-corrected chi connectivity index (χ1v) is 7.76. The molecule has 3 heterocycles. The third-order valence-electron chi connectivity index (χ3n) is 4.53. The Morgan fingerprint density at radius 3 is 2.91 bits per heavy atom. The number of nitrogen functional groups attached to an aromatic ring is 1. The lowest BCUT2D eigenvalue weighted by molar-refractivity contribution is 0.378. The Morgan fingerprint density at radius 1 is 1.27 bits per heavy atom. The standard InChI is InChI=1S/C15H20N6O/c1-8-12-11(22-20-8)4-2-3-10-13(12)18-15(17)19-14(10)21-6-5-9(16)7-21/h9H,2-7,16H2,1H3,(H2,17,18,19)/t9-/m1/s1. The van der Waals surface area contributed by atoms with Gasteiger partial charge in [0, 0.05) is 31.1 Å². The molecule has 0 bridgehead atoms. The van der Waals surface area contributed by atoms with Gasteiger partial charge in [-0.05, 0) is 26.2 Å². The summed E-state index contributed by atoms with van der Waals surface area (Å²) in [5.41, 5.74) is 15.9. The van der Waals surface area contributed by atoms with E-state index >= 15 is 0 Å². The Labute approximate surface area is 128 Å². The molecule has 2 aromatic rings. The highest BCUT2D eigenvalue weighted by molar-refractivity contribution is 5.74. The van der Waals surface area contributed by atoms with Crippen molar-refractivity contribution in [2.75, 3.05) is 23.7 Å². The predicted molar refractivity (Wildman–Crippen MR) is 83.5 cm³/mol. The van der Waals surface area contributed by atoms with Gasteiger partial charge in [0.15, 0.2) is 0 Å². The number of aryl methyl sites for hydroxylation is 2. The normalized spacial score (nSPS) is 20.6. The number of nitrogens with zero attached hydrogens (tertiary/aromatic N) is 4. The summed E-state index contributed by atoms with van der Waals surface area (Å²) in [7, 11) is 0. The highest BCUT2D eigenvalue weighted by Crippen LogP contribution is 2.38. The lowest BCUT2D eigenvalue weighted by Crippen LogP contribution is -2.28. The van der Waals surface area contributed by atoms with Crippen LogP contribution >= 0.6 is 0 Å². The van der Waals surface area contributed by atoms with Crippen LogP contribution < -0.4 is 16.4 Å².